The fraction of sp³-hybridized carbons (Fsp3) is 0.727. The number of nitrogens with zero attached hydrogens (tertiary/aromatic N) is 1. The first kappa shape index (κ1) is 8.79. The SMILES string of the molecule is C=CC(=O)N1CC2C(C1)C2C(C)C. The highest BCUT2D eigenvalue weighted by molar-refractivity contribution is 5.87. The van der Waals surface area contributed by atoms with E-state index in [0.29, 0.717) is 0 Å². The lowest BCUT2D eigenvalue weighted by Crippen LogP contribution is -2.30. The van der Waals surface area contributed by atoms with Crippen molar-refractivity contribution in [2.24, 2.45) is 23.7 Å². The summed E-state index contributed by atoms with van der Waals surface area (Å²) in [5.41, 5.74) is 0. The van der Waals surface area contributed by atoms with Crippen LogP contribution in [0.15, 0.2) is 12.7 Å². The minimum absolute atomic E-state index is 0.106. The Labute approximate surface area is 79.6 Å². The van der Waals surface area contributed by atoms with Gasteiger partial charge >= 0.3 is 0 Å². The fourth-order valence-electron chi connectivity index (χ4n) is 2.87. The van der Waals surface area contributed by atoms with Gasteiger partial charge in [-0.1, -0.05) is 20.4 Å². The molecule has 2 nitrogen and oxygen atoms in total. The van der Waals surface area contributed by atoms with Crippen LogP contribution in [0, 0.1) is 23.7 Å². The van der Waals surface area contributed by atoms with Crippen LogP contribution in [-0.2, 0) is 4.79 Å². The number of hydrogen-bond acceptors (Lipinski definition) is 1. The highest BCUT2D eigenvalue weighted by Gasteiger charge is 2.57. The molecule has 2 atom stereocenters. The lowest BCUT2D eigenvalue weighted by molar-refractivity contribution is -0.125. The van der Waals surface area contributed by atoms with Gasteiger partial charge in [0, 0.05) is 13.1 Å². The molecule has 1 aliphatic carbocycles. The maximum Gasteiger partial charge on any atom is 0.245 e. The number of rotatable bonds is 2. The van der Waals surface area contributed by atoms with E-state index in [4.69, 9.17) is 0 Å². The molecular formula is C11H17NO. The van der Waals surface area contributed by atoms with Crippen molar-refractivity contribution in [3.8, 4) is 0 Å². The van der Waals surface area contributed by atoms with Gasteiger partial charge in [0.25, 0.3) is 0 Å². The zero-order valence-electron chi connectivity index (χ0n) is 8.36. The molecule has 1 saturated carbocycles. The third-order valence-corrected chi connectivity index (χ3v) is 3.52. The van der Waals surface area contributed by atoms with Crippen LogP contribution in [0.2, 0.25) is 0 Å². The summed E-state index contributed by atoms with van der Waals surface area (Å²) in [6.45, 7) is 10.0. The normalized spacial score (nSPS) is 36.2. The van der Waals surface area contributed by atoms with E-state index in [-0.39, 0.29) is 5.91 Å². The first-order chi connectivity index (χ1) is 6.15. The quantitative estimate of drug-likeness (QED) is 0.589. The molecule has 2 aliphatic rings. The van der Waals surface area contributed by atoms with Crippen LogP contribution < -0.4 is 0 Å². The van der Waals surface area contributed by atoms with Gasteiger partial charge in [-0.05, 0) is 29.7 Å². The molecule has 2 fully saturated rings. The van der Waals surface area contributed by atoms with E-state index in [1.807, 2.05) is 4.90 Å². The van der Waals surface area contributed by atoms with Crippen molar-refractivity contribution in [3.05, 3.63) is 12.7 Å². The van der Waals surface area contributed by atoms with E-state index in [2.05, 4.69) is 20.4 Å². The summed E-state index contributed by atoms with van der Waals surface area (Å²) in [4.78, 5) is 13.2. The molecular weight excluding hydrogens is 162 g/mol. The van der Waals surface area contributed by atoms with Gasteiger partial charge in [-0.25, -0.2) is 0 Å². The molecule has 2 unspecified atom stereocenters. The number of fused-ring (bicyclic) bond motifs is 1. The summed E-state index contributed by atoms with van der Waals surface area (Å²) >= 11 is 0. The Morgan fingerprint density at radius 3 is 2.38 bits per heavy atom. The predicted molar refractivity (Wildman–Crippen MR) is 52.1 cm³/mol. The van der Waals surface area contributed by atoms with E-state index in [1.54, 1.807) is 0 Å². The number of hydrogen-bond donors (Lipinski definition) is 0. The van der Waals surface area contributed by atoms with E-state index < -0.39 is 0 Å². The Kier molecular flexibility index (Phi) is 1.94. The van der Waals surface area contributed by atoms with E-state index >= 15 is 0 Å². The third-order valence-electron chi connectivity index (χ3n) is 3.52. The Morgan fingerprint density at radius 2 is 2.00 bits per heavy atom. The van der Waals surface area contributed by atoms with Crippen LogP contribution in [-0.4, -0.2) is 23.9 Å². The fourth-order valence-corrected chi connectivity index (χ4v) is 2.87. The molecule has 2 rings (SSSR count). The largest absolute Gasteiger partial charge is 0.339 e. The lowest BCUT2D eigenvalue weighted by atomic mass is 10.0. The molecule has 1 amide bonds. The molecule has 0 aromatic heterocycles. The Balaban J connectivity index is 1.90. The number of carbonyl (C=O) groups excluding carboxylic acids is 1. The van der Waals surface area contributed by atoms with Gasteiger partial charge in [-0.15, -0.1) is 0 Å². The van der Waals surface area contributed by atoms with E-state index in [0.717, 1.165) is 36.8 Å². The van der Waals surface area contributed by atoms with Gasteiger partial charge in [-0.3, -0.25) is 4.79 Å². The van der Waals surface area contributed by atoms with Gasteiger partial charge in [-0.2, -0.15) is 0 Å². The standard InChI is InChI=1S/C11H17NO/c1-4-10(13)12-5-8-9(6-12)11(8)7(2)3/h4,7-9,11H,1,5-6H2,2-3H3. The minimum atomic E-state index is 0.106. The van der Waals surface area contributed by atoms with Crippen molar-refractivity contribution in [1.29, 1.82) is 0 Å². The van der Waals surface area contributed by atoms with Crippen molar-refractivity contribution >= 4 is 5.91 Å². The van der Waals surface area contributed by atoms with Gasteiger partial charge in [0.2, 0.25) is 5.91 Å². The van der Waals surface area contributed by atoms with Crippen LogP contribution in [0.1, 0.15) is 13.8 Å². The molecule has 0 bridgehead atoms. The van der Waals surface area contributed by atoms with Crippen LogP contribution in [0.3, 0.4) is 0 Å². The summed E-state index contributed by atoms with van der Waals surface area (Å²) in [6, 6.07) is 0. The summed E-state index contributed by atoms with van der Waals surface area (Å²) in [6.07, 6.45) is 1.43. The molecule has 0 aromatic rings. The lowest BCUT2D eigenvalue weighted by Gasteiger charge is -2.19. The van der Waals surface area contributed by atoms with Gasteiger partial charge in [0.1, 0.15) is 0 Å². The number of carbonyl (C=O) groups is 1. The van der Waals surface area contributed by atoms with Crippen LogP contribution >= 0.6 is 0 Å². The van der Waals surface area contributed by atoms with Gasteiger partial charge in [0.05, 0.1) is 0 Å². The smallest absolute Gasteiger partial charge is 0.245 e. The third kappa shape index (κ3) is 1.28. The van der Waals surface area contributed by atoms with Crippen LogP contribution in [0.5, 0.6) is 0 Å². The van der Waals surface area contributed by atoms with Crippen molar-refractivity contribution in [3.63, 3.8) is 0 Å². The molecule has 0 spiro atoms. The topological polar surface area (TPSA) is 20.3 Å². The second kappa shape index (κ2) is 2.86. The molecule has 13 heavy (non-hydrogen) atoms. The average Bonchev–Trinajstić information content (AvgIpc) is 2.62. The zero-order chi connectivity index (χ0) is 9.59. The van der Waals surface area contributed by atoms with Crippen molar-refractivity contribution in [1.82, 2.24) is 4.90 Å². The van der Waals surface area contributed by atoms with Crippen LogP contribution in [0.4, 0.5) is 0 Å². The predicted octanol–water partition coefficient (Wildman–Crippen LogP) is 1.53. The summed E-state index contributed by atoms with van der Waals surface area (Å²) in [5.74, 6) is 3.37. The Bertz CT molecular complexity index is 234. The van der Waals surface area contributed by atoms with Gasteiger partial charge in [0.15, 0.2) is 0 Å². The van der Waals surface area contributed by atoms with Gasteiger partial charge < -0.3 is 4.90 Å². The molecule has 1 aliphatic heterocycles. The first-order valence-corrected chi connectivity index (χ1v) is 5.06. The number of likely N-dealkylation sites (tertiary alicyclic amines) is 1. The molecule has 0 radical (unpaired) electrons. The maximum absolute atomic E-state index is 11.3. The molecule has 1 saturated heterocycles. The summed E-state index contributed by atoms with van der Waals surface area (Å²) < 4.78 is 0. The minimum Gasteiger partial charge on any atom is -0.339 e. The molecule has 1 heterocycles. The molecule has 2 heteroatoms. The van der Waals surface area contributed by atoms with Crippen molar-refractivity contribution in [2.75, 3.05) is 13.1 Å². The van der Waals surface area contributed by atoms with E-state index in [1.165, 1.54) is 6.08 Å². The second-order valence-electron chi connectivity index (χ2n) is 4.60. The van der Waals surface area contributed by atoms with E-state index in [9.17, 15) is 4.79 Å². The zero-order valence-corrected chi connectivity index (χ0v) is 8.36. The maximum atomic E-state index is 11.3. The van der Waals surface area contributed by atoms with Crippen molar-refractivity contribution in [2.45, 2.75) is 13.8 Å². The highest BCUT2D eigenvalue weighted by atomic mass is 16.2. The summed E-state index contributed by atoms with van der Waals surface area (Å²) in [5, 5.41) is 0. The molecule has 0 N–H and O–H groups in total. The number of amides is 1. The number of piperidine rings is 1. The monoisotopic (exact) mass is 179 g/mol. The first-order valence-electron chi connectivity index (χ1n) is 5.06. The Morgan fingerprint density at radius 1 is 1.46 bits per heavy atom. The summed E-state index contributed by atoms with van der Waals surface area (Å²) in [7, 11) is 0. The Hall–Kier alpha value is -0.790. The second-order valence-corrected chi connectivity index (χ2v) is 4.60. The van der Waals surface area contributed by atoms with Crippen LogP contribution in [0.25, 0.3) is 0 Å². The van der Waals surface area contributed by atoms with Crippen molar-refractivity contribution < 1.29 is 4.79 Å². The average molecular weight is 179 g/mol. The molecule has 0 aromatic carbocycles. The highest BCUT2D eigenvalue weighted by Crippen LogP contribution is 2.55. The molecule has 72 valence electrons.